The lowest BCUT2D eigenvalue weighted by Gasteiger charge is -1.84. The number of ether oxygens (including phenoxy) is 1. The summed E-state index contributed by atoms with van der Waals surface area (Å²) in [7, 11) is 1.71. The maximum Gasteiger partial charge on any atom is 0.0459 e. The van der Waals surface area contributed by atoms with E-state index in [2.05, 4.69) is 20.8 Å². The van der Waals surface area contributed by atoms with Crippen molar-refractivity contribution in [2.45, 2.75) is 61.3 Å². The van der Waals surface area contributed by atoms with E-state index >= 15 is 0 Å². The molecule has 0 aromatic carbocycles. The molecule has 0 N–H and O–H groups in total. The summed E-state index contributed by atoms with van der Waals surface area (Å²) in [6, 6.07) is 0. The minimum Gasteiger partial charge on any atom is -0.385 e. The Kier molecular flexibility index (Phi) is 57.8. The zero-order valence-electron chi connectivity index (χ0n) is 7.94. The quantitative estimate of drug-likeness (QED) is 0.615. The first-order chi connectivity index (χ1) is 4.83. The van der Waals surface area contributed by atoms with E-state index in [9.17, 15) is 0 Å². The average molecular weight is 178 g/mol. The average Bonchev–Trinajstić information content (AvgIpc) is 1.93. The summed E-state index contributed by atoms with van der Waals surface area (Å²) in [6.07, 6.45) is 5.20. The molecule has 0 aromatic heterocycles. The minimum absolute atomic E-state index is 0. The minimum atomic E-state index is 0. The molecule has 1 heteroatoms. The first-order valence-corrected chi connectivity index (χ1v) is 4.32. The third kappa shape index (κ3) is 51.0. The number of hydrogen-bond acceptors (Lipinski definition) is 1. The summed E-state index contributed by atoms with van der Waals surface area (Å²) in [4.78, 5) is 0. The maximum absolute atomic E-state index is 4.69. The van der Waals surface area contributed by atoms with E-state index in [0.717, 1.165) is 13.0 Å². The van der Waals surface area contributed by atoms with Gasteiger partial charge in [-0.15, -0.1) is 0 Å². The second-order valence-electron chi connectivity index (χ2n) is 2.35. The first-order valence-electron chi connectivity index (χ1n) is 4.32. The number of unbranched alkanes of at least 4 members (excludes halogenated alkanes) is 2. The van der Waals surface area contributed by atoms with Gasteiger partial charge in [-0.3, -0.25) is 0 Å². The Hall–Kier alpha value is -0.0400. The van der Waals surface area contributed by atoms with Crippen LogP contribution in [0.2, 0.25) is 0 Å². The van der Waals surface area contributed by atoms with E-state index in [1.54, 1.807) is 7.11 Å². The molecule has 12 heavy (non-hydrogen) atoms. The molecule has 0 saturated heterocycles. The predicted octanol–water partition coefficient (Wildman–Crippen LogP) is 4.51. The highest BCUT2D eigenvalue weighted by Crippen LogP contribution is 1.88. The fourth-order valence-electron chi connectivity index (χ4n) is 0.558. The molecule has 0 spiro atoms. The van der Waals surface area contributed by atoms with Crippen LogP contribution in [-0.4, -0.2) is 13.7 Å². The topological polar surface area (TPSA) is 9.23 Å². The van der Waals surface area contributed by atoms with Gasteiger partial charge >= 0.3 is 0 Å². The van der Waals surface area contributed by atoms with Crippen LogP contribution in [0, 0.1) is 0 Å². The molecule has 0 aliphatic carbocycles. The Labute approximate surface area is 80.5 Å². The van der Waals surface area contributed by atoms with Crippen molar-refractivity contribution >= 4 is 0 Å². The van der Waals surface area contributed by atoms with Gasteiger partial charge in [-0.25, -0.2) is 0 Å². The van der Waals surface area contributed by atoms with Gasteiger partial charge in [0.05, 0.1) is 0 Å². The zero-order chi connectivity index (χ0) is 8.24. The van der Waals surface area contributed by atoms with Gasteiger partial charge < -0.3 is 4.74 Å². The highest BCUT2D eigenvalue weighted by molar-refractivity contribution is 4.24. The van der Waals surface area contributed by atoms with Gasteiger partial charge in [-0.05, 0) is 6.42 Å². The van der Waals surface area contributed by atoms with Crippen LogP contribution in [0.4, 0.5) is 0 Å². The molecule has 0 saturated carbocycles. The first kappa shape index (κ1) is 22.7. The molecule has 0 atom stereocenters. The monoisotopic (exact) mass is 178 g/mol. The van der Waals surface area contributed by atoms with Gasteiger partial charge in [0.25, 0.3) is 0 Å². The summed E-state index contributed by atoms with van der Waals surface area (Å²) >= 11 is 0. The number of rotatable bonds is 4. The van der Waals surface area contributed by atoms with Crippen molar-refractivity contribution in [3.8, 4) is 0 Å². The SMILES string of the molecule is C.C.CCCCC.CCCOC. The van der Waals surface area contributed by atoms with Crippen molar-refractivity contribution in [3.63, 3.8) is 0 Å². The normalized spacial score (nSPS) is 7.00. The van der Waals surface area contributed by atoms with Gasteiger partial charge in [0.1, 0.15) is 0 Å². The molecule has 0 aromatic rings. The van der Waals surface area contributed by atoms with Crippen LogP contribution in [-0.2, 0) is 4.74 Å². The molecular weight excluding hydrogens is 148 g/mol. The van der Waals surface area contributed by atoms with Crippen LogP contribution >= 0.6 is 0 Å². The van der Waals surface area contributed by atoms with Crippen molar-refractivity contribution in [1.82, 2.24) is 0 Å². The van der Waals surface area contributed by atoms with Gasteiger partial charge in [0.2, 0.25) is 0 Å². The summed E-state index contributed by atoms with van der Waals surface area (Å²) in [6.45, 7) is 7.40. The van der Waals surface area contributed by atoms with Crippen LogP contribution < -0.4 is 0 Å². The number of hydrogen-bond donors (Lipinski definition) is 0. The van der Waals surface area contributed by atoms with Gasteiger partial charge in [0, 0.05) is 13.7 Å². The van der Waals surface area contributed by atoms with Crippen LogP contribution in [0.25, 0.3) is 0 Å². The lowest BCUT2D eigenvalue weighted by molar-refractivity contribution is 0.199. The molecule has 80 valence electrons. The highest BCUT2D eigenvalue weighted by Gasteiger charge is 1.68. The molecule has 0 radical (unpaired) electrons. The van der Waals surface area contributed by atoms with E-state index in [1.807, 2.05) is 0 Å². The summed E-state index contributed by atoms with van der Waals surface area (Å²) in [5.74, 6) is 0. The molecular formula is C11H30O. The lowest BCUT2D eigenvalue weighted by Crippen LogP contribution is -1.80. The lowest BCUT2D eigenvalue weighted by atomic mass is 10.3. The van der Waals surface area contributed by atoms with Gasteiger partial charge in [0.15, 0.2) is 0 Å². The standard InChI is InChI=1S/C5H12.C4H10O.2CH4/c1-3-5-4-2;1-3-4-5-2;;/h3-5H2,1-2H3;3-4H2,1-2H3;2*1H4. The fourth-order valence-corrected chi connectivity index (χ4v) is 0.558. The Balaban J connectivity index is -0.0000000457. The van der Waals surface area contributed by atoms with Crippen LogP contribution in [0.5, 0.6) is 0 Å². The molecule has 0 amide bonds. The summed E-state index contributed by atoms with van der Waals surface area (Å²) in [5, 5.41) is 0. The Morgan fingerprint density at radius 3 is 1.25 bits per heavy atom. The van der Waals surface area contributed by atoms with Crippen molar-refractivity contribution < 1.29 is 4.74 Å². The maximum atomic E-state index is 4.69. The van der Waals surface area contributed by atoms with Gasteiger partial charge in [-0.2, -0.15) is 0 Å². The summed E-state index contributed by atoms with van der Waals surface area (Å²) in [5.41, 5.74) is 0. The Bertz CT molecular complexity index is 26.0. The zero-order valence-corrected chi connectivity index (χ0v) is 7.94. The molecule has 0 aliphatic heterocycles. The van der Waals surface area contributed by atoms with Crippen LogP contribution in [0.1, 0.15) is 61.3 Å². The Morgan fingerprint density at radius 2 is 1.25 bits per heavy atom. The van der Waals surface area contributed by atoms with Crippen molar-refractivity contribution in [1.29, 1.82) is 0 Å². The van der Waals surface area contributed by atoms with E-state index < -0.39 is 0 Å². The molecule has 0 rings (SSSR count). The molecule has 0 fully saturated rings. The fraction of sp³-hybridized carbons (Fsp3) is 1.00. The Morgan fingerprint density at radius 1 is 0.833 bits per heavy atom. The molecule has 1 nitrogen and oxygen atoms in total. The predicted molar refractivity (Wildman–Crippen MR) is 60.8 cm³/mol. The van der Waals surface area contributed by atoms with Crippen molar-refractivity contribution in [2.24, 2.45) is 0 Å². The molecule has 0 heterocycles. The number of methoxy groups -OCH3 is 1. The highest BCUT2D eigenvalue weighted by atomic mass is 16.5. The smallest absolute Gasteiger partial charge is 0.0459 e. The summed E-state index contributed by atoms with van der Waals surface area (Å²) < 4.78 is 4.69. The van der Waals surface area contributed by atoms with E-state index in [0.29, 0.717) is 0 Å². The van der Waals surface area contributed by atoms with Crippen LogP contribution in [0.3, 0.4) is 0 Å². The third-order valence-corrected chi connectivity index (χ3v) is 1.12. The second kappa shape index (κ2) is 30.6. The van der Waals surface area contributed by atoms with E-state index in [1.165, 1.54) is 19.3 Å². The second-order valence-corrected chi connectivity index (χ2v) is 2.35. The molecule has 0 aliphatic rings. The van der Waals surface area contributed by atoms with Crippen LogP contribution in [0.15, 0.2) is 0 Å². The van der Waals surface area contributed by atoms with E-state index in [-0.39, 0.29) is 14.9 Å². The largest absolute Gasteiger partial charge is 0.385 e. The van der Waals surface area contributed by atoms with Crippen molar-refractivity contribution in [2.75, 3.05) is 13.7 Å². The molecule has 0 unspecified atom stereocenters. The third-order valence-electron chi connectivity index (χ3n) is 1.12. The van der Waals surface area contributed by atoms with Crippen molar-refractivity contribution in [3.05, 3.63) is 0 Å². The van der Waals surface area contributed by atoms with E-state index in [4.69, 9.17) is 4.74 Å². The molecule has 0 bridgehead atoms. The van der Waals surface area contributed by atoms with Gasteiger partial charge in [-0.1, -0.05) is 54.9 Å².